The molecule has 8 nitrogen and oxygen atoms in total. The van der Waals surface area contributed by atoms with E-state index in [0.717, 1.165) is 11.3 Å². The average Bonchev–Trinajstić information content (AvgIpc) is 2.95. The monoisotopic (exact) mass is 396 g/mol. The third kappa shape index (κ3) is 4.72. The van der Waals surface area contributed by atoms with Gasteiger partial charge in [-0.1, -0.05) is 0 Å². The molecule has 0 aliphatic carbocycles. The van der Waals surface area contributed by atoms with Gasteiger partial charge in [0.25, 0.3) is 5.56 Å². The molecule has 2 rings (SSSR count). The van der Waals surface area contributed by atoms with E-state index in [9.17, 15) is 14.4 Å². The summed E-state index contributed by atoms with van der Waals surface area (Å²) in [4.78, 5) is 42.3. The fraction of sp³-hybridized carbons (Fsp3) is 0.556. The van der Waals surface area contributed by atoms with Crippen LogP contribution in [-0.4, -0.2) is 47.4 Å². The first-order valence-corrected chi connectivity index (χ1v) is 9.55. The Hall–Kier alpha value is -2.26. The molecule has 2 heterocycles. The maximum Gasteiger partial charge on any atom is 0.348 e. The SMILES string of the molecule is CCOCCOC(=O)[C@H](C)n1cnc2sc(C(=O)OC(C)C)c(C)c2c1=O. The van der Waals surface area contributed by atoms with Crippen LogP contribution in [0.25, 0.3) is 10.2 Å². The van der Waals surface area contributed by atoms with Gasteiger partial charge < -0.3 is 14.2 Å². The molecule has 0 bridgehead atoms. The van der Waals surface area contributed by atoms with Gasteiger partial charge in [-0.15, -0.1) is 11.3 Å². The Bertz CT molecular complexity index is 886. The zero-order chi connectivity index (χ0) is 20.1. The molecule has 148 valence electrons. The molecule has 2 aromatic rings. The second-order valence-electron chi connectivity index (χ2n) is 6.19. The van der Waals surface area contributed by atoms with E-state index in [0.29, 0.717) is 33.9 Å². The van der Waals surface area contributed by atoms with Crippen molar-refractivity contribution in [3.05, 3.63) is 27.1 Å². The van der Waals surface area contributed by atoms with Crippen LogP contribution in [0.1, 0.15) is 49.0 Å². The van der Waals surface area contributed by atoms with Crippen LogP contribution in [0.2, 0.25) is 0 Å². The predicted molar refractivity (Wildman–Crippen MR) is 101 cm³/mol. The van der Waals surface area contributed by atoms with Crippen molar-refractivity contribution in [1.29, 1.82) is 0 Å². The molecule has 0 saturated heterocycles. The van der Waals surface area contributed by atoms with Crippen molar-refractivity contribution in [2.24, 2.45) is 0 Å². The molecule has 0 unspecified atom stereocenters. The number of hydrogen-bond donors (Lipinski definition) is 0. The van der Waals surface area contributed by atoms with E-state index >= 15 is 0 Å². The summed E-state index contributed by atoms with van der Waals surface area (Å²) in [7, 11) is 0. The topological polar surface area (TPSA) is 96.7 Å². The first-order valence-electron chi connectivity index (χ1n) is 8.73. The highest BCUT2D eigenvalue weighted by molar-refractivity contribution is 7.20. The van der Waals surface area contributed by atoms with Gasteiger partial charge in [0.1, 0.15) is 22.4 Å². The lowest BCUT2D eigenvalue weighted by molar-refractivity contribution is -0.148. The third-order valence-electron chi connectivity index (χ3n) is 3.84. The van der Waals surface area contributed by atoms with Crippen LogP contribution < -0.4 is 5.56 Å². The molecular weight excluding hydrogens is 372 g/mol. The van der Waals surface area contributed by atoms with Crippen LogP contribution in [0, 0.1) is 6.92 Å². The maximum atomic E-state index is 12.9. The highest BCUT2D eigenvalue weighted by atomic mass is 32.1. The van der Waals surface area contributed by atoms with Gasteiger partial charge >= 0.3 is 11.9 Å². The summed E-state index contributed by atoms with van der Waals surface area (Å²) in [5.41, 5.74) is 0.107. The lowest BCUT2D eigenvalue weighted by atomic mass is 10.2. The summed E-state index contributed by atoms with van der Waals surface area (Å²) in [5, 5.41) is 0.312. The lowest BCUT2D eigenvalue weighted by Crippen LogP contribution is -2.30. The lowest BCUT2D eigenvalue weighted by Gasteiger charge is -2.14. The Morgan fingerprint density at radius 2 is 1.96 bits per heavy atom. The van der Waals surface area contributed by atoms with Crippen LogP contribution in [0.15, 0.2) is 11.1 Å². The number of rotatable bonds is 8. The van der Waals surface area contributed by atoms with Gasteiger partial charge in [0.2, 0.25) is 0 Å². The molecule has 0 aromatic carbocycles. The number of aromatic nitrogens is 2. The molecule has 0 amide bonds. The van der Waals surface area contributed by atoms with E-state index < -0.39 is 23.5 Å². The summed E-state index contributed by atoms with van der Waals surface area (Å²) < 4.78 is 16.7. The van der Waals surface area contributed by atoms with Gasteiger partial charge in [-0.2, -0.15) is 0 Å². The van der Waals surface area contributed by atoms with Gasteiger partial charge in [-0.3, -0.25) is 9.36 Å². The Balaban J connectivity index is 2.31. The Kier molecular flexibility index (Phi) is 7.09. The van der Waals surface area contributed by atoms with Gasteiger partial charge in [-0.25, -0.2) is 14.6 Å². The Morgan fingerprint density at radius 3 is 2.59 bits per heavy atom. The van der Waals surface area contributed by atoms with E-state index in [4.69, 9.17) is 14.2 Å². The first-order chi connectivity index (χ1) is 12.8. The van der Waals surface area contributed by atoms with Crippen LogP contribution in [0.4, 0.5) is 0 Å². The summed E-state index contributed by atoms with van der Waals surface area (Å²) in [6.45, 7) is 9.54. The van der Waals surface area contributed by atoms with E-state index in [1.54, 1.807) is 27.7 Å². The molecule has 2 aromatic heterocycles. The predicted octanol–water partition coefficient (Wildman–Crippen LogP) is 2.47. The van der Waals surface area contributed by atoms with Crippen LogP contribution >= 0.6 is 11.3 Å². The number of fused-ring (bicyclic) bond motifs is 1. The second kappa shape index (κ2) is 9.09. The van der Waals surface area contributed by atoms with Crippen molar-refractivity contribution < 1.29 is 23.8 Å². The standard InChI is InChI=1S/C18H24N2O6S/c1-6-24-7-8-25-17(22)12(5)20-9-19-15-13(16(20)21)11(4)14(27-15)18(23)26-10(2)3/h9-10,12H,6-8H2,1-5H3/t12-/m0/s1. The van der Waals surface area contributed by atoms with Crippen molar-refractivity contribution in [2.75, 3.05) is 19.8 Å². The number of aryl methyl sites for hydroxylation is 1. The van der Waals surface area contributed by atoms with Gasteiger partial charge in [0, 0.05) is 6.61 Å². The van der Waals surface area contributed by atoms with Crippen LogP contribution in [0.3, 0.4) is 0 Å². The number of nitrogens with zero attached hydrogens (tertiary/aromatic N) is 2. The first kappa shape index (κ1) is 21.0. The fourth-order valence-electron chi connectivity index (χ4n) is 2.46. The van der Waals surface area contributed by atoms with E-state index in [-0.39, 0.29) is 12.7 Å². The maximum absolute atomic E-state index is 12.9. The molecule has 0 radical (unpaired) electrons. The molecule has 1 atom stereocenters. The number of ether oxygens (including phenoxy) is 3. The van der Waals surface area contributed by atoms with E-state index in [2.05, 4.69) is 4.98 Å². The zero-order valence-electron chi connectivity index (χ0n) is 16.1. The molecular formula is C18H24N2O6S. The average molecular weight is 396 g/mol. The molecule has 27 heavy (non-hydrogen) atoms. The van der Waals surface area contributed by atoms with Crippen LogP contribution in [0.5, 0.6) is 0 Å². The minimum atomic E-state index is -0.846. The van der Waals surface area contributed by atoms with Crippen molar-refractivity contribution in [3.63, 3.8) is 0 Å². The fourth-order valence-corrected chi connectivity index (χ4v) is 3.48. The largest absolute Gasteiger partial charge is 0.462 e. The molecule has 0 N–H and O–H groups in total. The highest BCUT2D eigenvalue weighted by Gasteiger charge is 2.24. The molecule has 9 heteroatoms. The van der Waals surface area contributed by atoms with Gasteiger partial charge in [0.05, 0.1) is 24.4 Å². The molecule has 0 spiro atoms. The van der Waals surface area contributed by atoms with Crippen molar-refractivity contribution in [3.8, 4) is 0 Å². The van der Waals surface area contributed by atoms with Crippen molar-refractivity contribution in [1.82, 2.24) is 9.55 Å². The summed E-state index contributed by atoms with van der Waals surface area (Å²) in [6, 6.07) is -0.846. The second-order valence-corrected chi connectivity index (χ2v) is 7.19. The molecule has 0 aliphatic rings. The molecule has 0 fully saturated rings. The van der Waals surface area contributed by atoms with Crippen molar-refractivity contribution in [2.45, 2.75) is 46.8 Å². The highest BCUT2D eigenvalue weighted by Crippen LogP contribution is 2.28. The smallest absolute Gasteiger partial charge is 0.348 e. The summed E-state index contributed by atoms with van der Waals surface area (Å²) in [6.07, 6.45) is 1.03. The summed E-state index contributed by atoms with van der Waals surface area (Å²) >= 11 is 1.10. The number of hydrogen-bond acceptors (Lipinski definition) is 8. The van der Waals surface area contributed by atoms with E-state index in [1.165, 1.54) is 10.9 Å². The Labute approximate surface area is 161 Å². The third-order valence-corrected chi connectivity index (χ3v) is 5.02. The normalized spacial score (nSPS) is 12.4. The van der Waals surface area contributed by atoms with E-state index in [1.807, 2.05) is 6.92 Å². The Morgan fingerprint density at radius 1 is 1.26 bits per heavy atom. The molecule has 0 saturated carbocycles. The van der Waals surface area contributed by atoms with Crippen molar-refractivity contribution >= 4 is 33.5 Å². The quantitative estimate of drug-likeness (QED) is 0.499. The molecule has 0 aliphatic heterocycles. The number of carbonyl (C=O) groups is 2. The minimum Gasteiger partial charge on any atom is -0.462 e. The number of esters is 2. The summed E-state index contributed by atoms with van der Waals surface area (Å²) in [5.74, 6) is -1.04. The van der Waals surface area contributed by atoms with Gasteiger partial charge in [0.15, 0.2) is 0 Å². The number of thiophene rings is 1. The number of carbonyl (C=O) groups excluding carboxylic acids is 2. The van der Waals surface area contributed by atoms with Gasteiger partial charge in [-0.05, 0) is 40.2 Å². The minimum absolute atomic E-state index is 0.115. The zero-order valence-corrected chi connectivity index (χ0v) is 16.9. The van der Waals surface area contributed by atoms with Crippen LogP contribution in [-0.2, 0) is 19.0 Å².